The van der Waals surface area contributed by atoms with Crippen LogP contribution in [0.25, 0.3) is 6.08 Å². The van der Waals surface area contributed by atoms with Crippen molar-refractivity contribution in [1.29, 1.82) is 0 Å². The predicted octanol–water partition coefficient (Wildman–Crippen LogP) is 3.36. The number of methoxy groups -OCH3 is 2. The van der Waals surface area contributed by atoms with Gasteiger partial charge in [-0.25, -0.2) is 4.98 Å². The van der Waals surface area contributed by atoms with E-state index in [0.29, 0.717) is 16.4 Å². The second-order valence-corrected chi connectivity index (χ2v) is 4.90. The highest BCUT2D eigenvalue weighted by Gasteiger charge is 2.10. The van der Waals surface area contributed by atoms with Crippen LogP contribution in [-0.4, -0.2) is 25.0 Å². The monoisotopic (exact) mass is 289 g/mol. The van der Waals surface area contributed by atoms with Gasteiger partial charge in [0.1, 0.15) is 0 Å². The fourth-order valence-corrected chi connectivity index (χ4v) is 2.55. The SMILES string of the molecule is COc1cccc(C=CC(=O)c2scnc2C)c1OC. The van der Waals surface area contributed by atoms with Gasteiger partial charge in [-0.1, -0.05) is 12.1 Å². The number of para-hydroxylation sites is 1. The highest BCUT2D eigenvalue weighted by Crippen LogP contribution is 2.31. The number of benzene rings is 1. The average Bonchev–Trinajstić information content (AvgIpc) is 2.90. The summed E-state index contributed by atoms with van der Waals surface area (Å²) in [5, 5.41) is 0. The van der Waals surface area contributed by atoms with Crippen LogP contribution in [0.4, 0.5) is 0 Å². The van der Waals surface area contributed by atoms with Gasteiger partial charge >= 0.3 is 0 Å². The number of nitrogens with zero attached hydrogens (tertiary/aromatic N) is 1. The van der Waals surface area contributed by atoms with Crippen LogP contribution in [0.1, 0.15) is 20.9 Å². The number of aryl methyl sites for hydroxylation is 1. The van der Waals surface area contributed by atoms with Crippen molar-refractivity contribution >= 4 is 23.2 Å². The third kappa shape index (κ3) is 2.88. The van der Waals surface area contributed by atoms with E-state index >= 15 is 0 Å². The molecule has 0 fully saturated rings. The normalized spacial score (nSPS) is 10.8. The summed E-state index contributed by atoms with van der Waals surface area (Å²) in [6.45, 7) is 1.82. The molecular formula is C15H15NO3S. The highest BCUT2D eigenvalue weighted by atomic mass is 32.1. The molecule has 0 spiro atoms. The van der Waals surface area contributed by atoms with E-state index in [1.807, 2.05) is 25.1 Å². The van der Waals surface area contributed by atoms with Crippen LogP contribution in [0.3, 0.4) is 0 Å². The van der Waals surface area contributed by atoms with Crippen molar-refractivity contribution in [3.05, 3.63) is 45.9 Å². The molecule has 0 aliphatic heterocycles. The van der Waals surface area contributed by atoms with Gasteiger partial charge in [-0.3, -0.25) is 4.79 Å². The summed E-state index contributed by atoms with van der Waals surface area (Å²) in [6.07, 6.45) is 3.25. The number of hydrogen-bond donors (Lipinski definition) is 0. The first-order valence-electron chi connectivity index (χ1n) is 6.01. The predicted molar refractivity (Wildman–Crippen MR) is 79.8 cm³/mol. The Balaban J connectivity index is 2.28. The van der Waals surface area contributed by atoms with E-state index in [1.165, 1.54) is 17.4 Å². The van der Waals surface area contributed by atoms with Gasteiger partial charge in [0.2, 0.25) is 0 Å². The molecule has 0 atom stereocenters. The van der Waals surface area contributed by atoms with Gasteiger partial charge in [-0.15, -0.1) is 11.3 Å². The second-order valence-electron chi connectivity index (χ2n) is 4.05. The molecule has 0 bridgehead atoms. The van der Waals surface area contributed by atoms with Crippen molar-refractivity contribution in [2.24, 2.45) is 0 Å². The zero-order valence-corrected chi connectivity index (χ0v) is 12.4. The van der Waals surface area contributed by atoms with E-state index in [1.54, 1.807) is 25.8 Å². The maximum Gasteiger partial charge on any atom is 0.197 e. The lowest BCUT2D eigenvalue weighted by atomic mass is 10.1. The number of carbonyl (C=O) groups excluding carboxylic acids is 1. The molecule has 1 aromatic carbocycles. The quantitative estimate of drug-likeness (QED) is 0.625. The smallest absolute Gasteiger partial charge is 0.197 e. The van der Waals surface area contributed by atoms with Crippen LogP contribution in [0.15, 0.2) is 29.8 Å². The van der Waals surface area contributed by atoms with Crippen LogP contribution >= 0.6 is 11.3 Å². The first-order chi connectivity index (χ1) is 9.67. The Morgan fingerprint density at radius 3 is 2.70 bits per heavy atom. The highest BCUT2D eigenvalue weighted by molar-refractivity contribution is 7.12. The molecule has 0 unspecified atom stereocenters. The molecule has 0 amide bonds. The molecule has 5 heteroatoms. The van der Waals surface area contributed by atoms with Crippen molar-refractivity contribution in [2.45, 2.75) is 6.92 Å². The number of ether oxygens (including phenoxy) is 2. The van der Waals surface area contributed by atoms with E-state index in [-0.39, 0.29) is 5.78 Å². The summed E-state index contributed by atoms with van der Waals surface area (Å²) in [6, 6.07) is 5.53. The van der Waals surface area contributed by atoms with E-state index in [2.05, 4.69) is 4.98 Å². The van der Waals surface area contributed by atoms with Crippen molar-refractivity contribution in [2.75, 3.05) is 14.2 Å². The molecule has 0 saturated carbocycles. The summed E-state index contributed by atoms with van der Waals surface area (Å²) in [5.41, 5.74) is 3.22. The minimum atomic E-state index is -0.0603. The van der Waals surface area contributed by atoms with E-state index in [4.69, 9.17) is 9.47 Å². The fraction of sp³-hybridized carbons (Fsp3) is 0.200. The molecule has 2 rings (SSSR count). The molecule has 0 N–H and O–H groups in total. The number of ketones is 1. The number of allylic oxidation sites excluding steroid dienone is 1. The van der Waals surface area contributed by atoms with E-state index in [9.17, 15) is 4.79 Å². The Labute approximate surface area is 121 Å². The Morgan fingerprint density at radius 1 is 1.30 bits per heavy atom. The summed E-state index contributed by atoms with van der Waals surface area (Å²) >= 11 is 1.34. The first kappa shape index (κ1) is 14.3. The molecule has 0 radical (unpaired) electrons. The van der Waals surface area contributed by atoms with Gasteiger partial charge < -0.3 is 9.47 Å². The number of rotatable bonds is 5. The maximum absolute atomic E-state index is 12.1. The number of aromatic nitrogens is 1. The Kier molecular flexibility index (Phi) is 4.53. The van der Waals surface area contributed by atoms with Gasteiger partial charge in [0.05, 0.1) is 30.3 Å². The molecule has 0 saturated heterocycles. The largest absolute Gasteiger partial charge is 0.493 e. The first-order valence-corrected chi connectivity index (χ1v) is 6.88. The van der Waals surface area contributed by atoms with Crippen molar-refractivity contribution < 1.29 is 14.3 Å². The Bertz CT molecular complexity index is 646. The number of carbonyl (C=O) groups is 1. The van der Waals surface area contributed by atoms with Crippen molar-refractivity contribution in [1.82, 2.24) is 4.98 Å². The van der Waals surface area contributed by atoms with Crippen LogP contribution in [-0.2, 0) is 0 Å². The molecule has 1 aromatic heterocycles. The average molecular weight is 289 g/mol. The van der Waals surface area contributed by atoms with Gasteiger partial charge in [0.25, 0.3) is 0 Å². The van der Waals surface area contributed by atoms with Gasteiger partial charge in [-0.05, 0) is 25.1 Å². The number of thiazole rings is 1. The molecular weight excluding hydrogens is 274 g/mol. The Hall–Kier alpha value is -2.14. The van der Waals surface area contributed by atoms with Crippen LogP contribution in [0.5, 0.6) is 11.5 Å². The van der Waals surface area contributed by atoms with Gasteiger partial charge in [0, 0.05) is 5.56 Å². The topological polar surface area (TPSA) is 48.4 Å². The lowest BCUT2D eigenvalue weighted by Crippen LogP contribution is -1.95. The molecule has 20 heavy (non-hydrogen) atoms. The lowest BCUT2D eigenvalue weighted by Gasteiger charge is -2.09. The second kappa shape index (κ2) is 6.34. The van der Waals surface area contributed by atoms with Gasteiger partial charge in [0.15, 0.2) is 17.3 Å². The minimum absolute atomic E-state index is 0.0603. The van der Waals surface area contributed by atoms with Crippen LogP contribution < -0.4 is 9.47 Å². The zero-order chi connectivity index (χ0) is 14.5. The third-order valence-corrected chi connectivity index (χ3v) is 3.76. The van der Waals surface area contributed by atoms with Gasteiger partial charge in [-0.2, -0.15) is 0 Å². The summed E-state index contributed by atoms with van der Waals surface area (Å²) < 4.78 is 10.5. The molecule has 0 aliphatic rings. The van der Waals surface area contributed by atoms with E-state index in [0.717, 1.165) is 11.3 Å². The summed E-state index contributed by atoms with van der Waals surface area (Å²) in [5.74, 6) is 1.19. The molecule has 104 valence electrons. The third-order valence-electron chi connectivity index (χ3n) is 2.82. The summed E-state index contributed by atoms with van der Waals surface area (Å²) in [4.78, 5) is 16.8. The van der Waals surface area contributed by atoms with E-state index < -0.39 is 0 Å². The fourth-order valence-electron chi connectivity index (χ4n) is 1.82. The zero-order valence-electron chi connectivity index (χ0n) is 11.5. The van der Waals surface area contributed by atoms with Crippen LogP contribution in [0.2, 0.25) is 0 Å². The molecule has 4 nitrogen and oxygen atoms in total. The maximum atomic E-state index is 12.1. The minimum Gasteiger partial charge on any atom is -0.493 e. The Morgan fingerprint density at radius 2 is 2.10 bits per heavy atom. The van der Waals surface area contributed by atoms with Crippen LogP contribution in [0, 0.1) is 6.92 Å². The standard InChI is InChI=1S/C15H15NO3S/c1-10-15(20-9-16-10)12(17)8-7-11-5-4-6-13(18-2)14(11)19-3/h4-9H,1-3H3. The molecule has 1 heterocycles. The molecule has 2 aromatic rings. The lowest BCUT2D eigenvalue weighted by molar-refractivity contribution is 0.105. The number of hydrogen-bond acceptors (Lipinski definition) is 5. The van der Waals surface area contributed by atoms with Crippen molar-refractivity contribution in [3.63, 3.8) is 0 Å². The van der Waals surface area contributed by atoms with Crippen molar-refractivity contribution in [3.8, 4) is 11.5 Å². The molecule has 0 aliphatic carbocycles. The summed E-state index contributed by atoms with van der Waals surface area (Å²) in [7, 11) is 3.15.